The number of nitrogens with one attached hydrogen (secondary N) is 1. The van der Waals surface area contributed by atoms with Gasteiger partial charge in [-0.2, -0.15) is 0 Å². The van der Waals surface area contributed by atoms with Gasteiger partial charge in [0.1, 0.15) is 28.6 Å². The van der Waals surface area contributed by atoms with Gasteiger partial charge in [-0.05, 0) is 42.8 Å². The van der Waals surface area contributed by atoms with E-state index in [9.17, 15) is 9.90 Å². The maximum atomic E-state index is 12.7. The summed E-state index contributed by atoms with van der Waals surface area (Å²) in [4.78, 5) is 12.7. The lowest BCUT2D eigenvalue weighted by Gasteiger charge is -2.20. The van der Waals surface area contributed by atoms with Gasteiger partial charge in [-0.25, -0.2) is 0 Å². The third-order valence-electron chi connectivity index (χ3n) is 4.24. The highest BCUT2D eigenvalue weighted by molar-refractivity contribution is 6.11. The van der Waals surface area contributed by atoms with E-state index in [1.807, 2.05) is 6.08 Å². The molecule has 2 heterocycles. The molecule has 2 aromatic rings. The van der Waals surface area contributed by atoms with Crippen LogP contribution < -0.4 is 14.8 Å². The van der Waals surface area contributed by atoms with Crippen molar-refractivity contribution < 1.29 is 23.8 Å². The summed E-state index contributed by atoms with van der Waals surface area (Å²) in [5.74, 6) is 0.759. The van der Waals surface area contributed by atoms with Crippen molar-refractivity contribution in [1.82, 2.24) is 5.32 Å². The lowest BCUT2D eigenvalue weighted by Crippen LogP contribution is -2.20. The lowest BCUT2D eigenvalue weighted by molar-refractivity contribution is 0.104. The van der Waals surface area contributed by atoms with Crippen LogP contribution in [-0.2, 0) is 0 Å². The van der Waals surface area contributed by atoms with Gasteiger partial charge in [-0.1, -0.05) is 6.08 Å². The van der Waals surface area contributed by atoms with Crippen molar-refractivity contribution in [3.8, 4) is 17.2 Å². The second-order valence-electron chi connectivity index (χ2n) is 5.78. The summed E-state index contributed by atoms with van der Waals surface area (Å²) in [6.07, 6.45) is 7.14. The van der Waals surface area contributed by atoms with Crippen molar-refractivity contribution in [1.29, 1.82) is 0 Å². The second kappa shape index (κ2) is 7.93. The molecule has 26 heavy (non-hydrogen) atoms. The molecular weight excluding hydrogens is 334 g/mol. The Balaban J connectivity index is 2.08. The summed E-state index contributed by atoms with van der Waals surface area (Å²) in [5, 5.41) is 14.1. The SMILES string of the molecule is COc1cc(OC)c(C2=CCNCC2)c(O)c1C(=O)/C=C/c1ccco1. The third kappa shape index (κ3) is 3.50. The van der Waals surface area contributed by atoms with Crippen LogP contribution in [0.4, 0.5) is 0 Å². The molecule has 6 nitrogen and oxygen atoms in total. The summed E-state index contributed by atoms with van der Waals surface area (Å²) in [7, 11) is 2.97. The van der Waals surface area contributed by atoms with E-state index >= 15 is 0 Å². The molecule has 1 aliphatic rings. The molecule has 0 saturated carbocycles. The number of allylic oxidation sites excluding steroid dienone is 1. The fourth-order valence-electron chi connectivity index (χ4n) is 2.97. The molecule has 136 valence electrons. The topological polar surface area (TPSA) is 80.9 Å². The van der Waals surface area contributed by atoms with Gasteiger partial charge in [0.15, 0.2) is 5.78 Å². The summed E-state index contributed by atoms with van der Waals surface area (Å²) in [6.45, 7) is 1.49. The normalized spacial score (nSPS) is 14.3. The highest BCUT2D eigenvalue weighted by Gasteiger charge is 2.25. The monoisotopic (exact) mass is 355 g/mol. The van der Waals surface area contributed by atoms with Crippen molar-refractivity contribution in [2.45, 2.75) is 6.42 Å². The Hall–Kier alpha value is -2.99. The quantitative estimate of drug-likeness (QED) is 0.611. The van der Waals surface area contributed by atoms with Crippen molar-refractivity contribution in [3.05, 3.63) is 53.5 Å². The fraction of sp³-hybridized carbons (Fsp3) is 0.250. The number of methoxy groups -OCH3 is 2. The Morgan fingerprint density at radius 2 is 2.12 bits per heavy atom. The molecule has 0 spiro atoms. The van der Waals surface area contributed by atoms with Crippen LogP contribution in [0.25, 0.3) is 11.6 Å². The van der Waals surface area contributed by atoms with Crippen LogP contribution >= 0.6 is 0 Å². The Morgan fingerprint density at radius 3 is 2.73 bits per heavy atom. The summed E-state index contributed by atoms with van der Waals surface area (Å²) >= 11 is 0. The van der Waals surface area contributed by atoms with Crippen LogP contribution in [-0.4, -0.2) is 38.2 Å². The van der Waals surface area contributed by atoms with Crippen LogP contribution in [0.5, 0.6) is 17.2 Å². The Kier molecular flexibility index (Phi) is 5.43. The van der Waals surface area contributed by atoms with E-state index in [0.717, 1.165) is 18.5 Å². The molecule has 1 aromatic carbocycles. The predicted octanol–water partition coefficient (Wildman–Crippen LogP) is 3.28. The van der Waals surface area contributed by atoms with Crippen LogP contribution in [0.15, 0.2) is 41.0 Å². The van der Waals surface area contributed by atoms with Crippen LogP contribution in [0.1, 0.15) is 28.1 Å². The van der Waals surface area contributed by atoms with E-state index in [1.165, 1.54) is 26.6 Å². The number of hydrogen-bond donors (Lipinski definition) is 2. The standard InChI is InChI=1S/C20H21NO5/c1-24-16-12-17(25-2)19(15(22)6-5-14-4-3-11-26-14)20(23)18(16)13-7-9-21-10-8-13/h3-7,11-12,21,23H,8-10H2,1-2H3/b6-5+. The molecule has 1 aliphatic heterocycles. The van der Waals surface area contributed by atoms with Gasteiger partial charge in [0, 0.05) is 12.6 Å². The second-order valence-corrected chi connectivity index (χ2v) is 5.78. The number of ether oxygens (including phenoxy) is 2. The molecule has 6 heteroatoms. The Bertz CT molecular complexity index is 850. The zero-order valence-electron chi connectivity index (χ0n) is 14.7. The smallest absolute Gasteiger partial charge is 0.193 e. The average molecular weight is 355 g/mol. The van der Waals surface area contributed by atoms with Crippen LogP contribution in [0.3, 0.4) is 0 Å². The number of carbonyl (C=O) groups excluding carboxylic acids is 1. The lowest BCUT2D eigenvalue weighted by atomic mass is 9.93. The predicted molar refractivity (Wildman–Crippen MR) is 98.7 cm³/mol. The molecular formula is C20H21NO5. The molecule has 0 atom stereocenters. The maximum absolute atomic E-state index is 12.7. The van der Waals surface area contributed by atoms with Crippen LogP contribution in [0.2, 0.25) is 0 Å². The minimum absolute atomic E-state index is 0.102. The number of benzene rings is 1. The van der Waals surface area contributed by atoms with Crippen molar-refractivity contribution in [2.75, 3.05) is 27.3 Å². The Morgan fingerprint density at radius 1 is 1.31 bits per heavy atom. The molecule has 0 radical (unpaired) electrons. The van der Waals surface area contributed by atoms with Crippen molar-refractivity contribution in [2.24, 2.45) is 0 Å². The molecule has 1 aromatic heterocycles. The van der Waals surface area contributed by atoms with Crippen molar-refractivity contribution in [3.63, 3.8) is 0 Å². The van der Waals surface area contributed by atoms with E-state index in [1.54, 1.807) is 24.3 Å². The molecule has 0 unspecified atom stereocenters. The number of rotatable bonds is 6. The summed E-state index contributed by atoms with van der Waals surface area (Å²) in [6, 6.07) is 5.10. The van der Waals surface area contributed by atoms with E-state index in [4.69, 9.17) is 13.9 Å². The molecule has 0 bridgehead atoms. The zero-order chi connectivity index (χ0) is 18.5. The van der Waals surface area contributed by atoms with Gasteiger partial charge < -0.3 is 24.3 Å². The number of furan rings is 1. The molecule has 0 aliphatic carbocycles. The fourth-order valence-corrected chi connectivity index (χ4v) is 2.97. The first-order valence-electron chi connectivity index (χ1n) is 8.29. The Labute approximate surface area is 151 Å². The van der Waals surface area contributed by atoms with Gasteiger partial charge in [0.2, 0.25) is 0 Å². The first-order valence-corrected chi connectivity index (χ1v) is 8.29. The average Bonchev–Trinajstić information content (AvgIpc) is 3.19. The minimum atomic E-state index is -0.380. The number of aromatic hydroxyl groups is 1. The molecule has 0 fully saturated rings. The highest BCUT2D eigenvalue weighted by Crippen LogP contribution is 2.43. The van der Waals surface area contributed by atoms with E-state index in [-0.39, 0.29) is 22.8 Å². The van der Waals surface area contributed by atoms with E-state index in [0.29, 0.717) is 23.6 Å². The van der Waals surface area contributed by atoms with Crippen molar-refractivity contribution >= 4 is 17.4 Å². The van der Waals surface area contributed by atoms with Gasteiger partial charge in [-0.3, -0.25) is 4.79 Å². The van der Waals surface area contributed by atoms with Crippen LogP contribution in [0, 0.1) is 0 Å². The van der Waals surface area contributed by atoms with Gasteiger partial charge in [0.25, 0.3) is 0 Å². The first-order chi connectivity index (χ1) is 12.7. The number of ketones is 1. The van der Waals surface area contributed by atoms with Gasteiger partial charge in [0.05, 0.1) is 26.0 Å². The number of hydrogen-bond acceptors (Lipinski definition) is 6. The highest BCUT2D eigenvalue weighted by atomic mass is 16.5. The molecule has 0 saturated heterocycles. The van der Waals surface area contributed by atoms with E-state index in [2.05, 4.69) is 5.32 Å². The first kappa shape index (κ1) is 17.8. The largest absolute Gasteiger partial charge is 0.506 e. The zero-order valence-corrected chi connectivity index (χ0v) is 14.7. The molecule has 3 rings (SSSR count). The van der Waals surface area contributed by atoms with Gasteiger partial charge in [-0.15, -0.1) is 0 Å². The van der Waals surface area contributed by atoms with E-state index < -0.39 is 0 Å². The molecule has 2 N–H and O–H groups in total. The van der Waals surface area contributed by atoms with Gasteiger partial charge >= 0.3 is 0 Å². The third-order valence-corrected chi connectivity index (χ3v) is 4.24. The number of carbonyl (C=O) groups is 1. The number of phenols is 1. The minimum Gasteiger partial charge on any atom is -0.506 e. The number of phenolic OH excluding ortho intramolecular Hbond substituents is 1. The maximum Gasteiger partial charge on any atom is 0.193 e. The summed E-state index contributed by atoms with van der Waals surface area (Å²) < 4.78 is 15.9. The summed E-state index contributed by atoms with van der Waals surface area (Å²) in [5.41, 5.74) is 1.57. The molecule has 0 amide bonds.